The second-order valence-electron chi connectivity index (χ2n) is 5.15. The van der Waals surface area contributed by atoms with Gasteiger partial charge in [0.25, 0.3) is 0 Å². The highest BCUT2D eigenvalue weighted by atomic mass is 32.1. The third-order valence-corrected chi connectivity index (χ3v) is 4.67. The molecule has 2 N–H and O–H groups in total. The Morgan fingerprint density at radius 3 is 2.89 bits per heavy atom. The fourth-order valence-corrected chi connectivity index (χ4v) is 3.44. The highest BCUT2D eigenvalue weighted by Gasteiger charge is 2.21. The van der Waals surface area contributed by atoms with Gasteiger partial charge >= 0.3 is 0 Å². The average molecular weight is 266 g/mol. The monoisotopic (exact) mass is 266 g/mol. The van der Waals surface area contributed by atoms with E-state index in [-0.39, 0.29) is 5.91 Å². The summed E-state index contributed by atoms with van der Waals surface area (Å²) in [7, 11) is 0. The minimum absolute atomic E-state index is 0.00140. The van der Waals surface area contributed by atoms with Crippen molar-refractivity contribution in [3.8, 4) is 0 Å². The van der Waals surface area contributed by atoms with Crippen molar-refractivity contribution in [2.75, 3.05) is 5.32 Å². The van der Waals surface area contributed by atoms with Crippen molar-refractivity contribution in [3.05, 3.63) is 16.3 Å². The molecule has 0 aliphatic heterocycles. The van der Waals surface area contributed by atoms with Gasteiger partial charge in [-0.05, 0) is 37.1 Å². The minimum Gasteiger partial charge on any atom is -0.325 e. The molecule has 0 bridgehead atoms. The van der Waals surface area contributed by atoms with Crippen molar-refractivity contribution in [3.63, 3.8) is 0 Å². The van der Waals surface area contributed by atoms with E-state index in [0.29, 0.717) is 6.04 Å². The van der Waals surface area contributed by atoms with Gasteiger partial charge in [-0.15, -0.1) is 11.3 Å². The fourth-order valence-electron chi connectivity index (χ4n) is 2.66. The molecule has 1 atom stereocenters. The number of nitrogens with one attached hydrogen (secondary N) is 2. The first kappa shape index (κ1) is 13.6. The SMILES string of the molecule is CC(=O)Nc1ccsc1CN[C@@H](C)C1CCCC1. The molecule has 1 aromatic heterocycles. The molecule has 1 aromatic rings. The molecule has 0 saturated heterocycles. The van der Waals surface area contributed by atoms with Gasteiger partial charge in [0.15, 0.2) is 0 Å². The second kappa shape index (κ2) is 6.34. The van der Waals surface area contributed by atoms with Gasteiger partial charge in [-0.2, -0.15) is 0 Å². The lowest BCUT2D eigenvalue weighted by molar-refractivity contribution is -0.114. The molecule has 0 unspecified atom stereocenters. The molecular formula is C14H22N2OS. The van der Waals surface area contributed by atoms with E-state index >= 15 is 0 Å². The summed E-state index contributed by atoms with van der Waals surface area (Å²) in [6, 6.07) is 2.54. The van der Waals surface area contributed by atoms with E-state index in [9.17, 15) is 4.79 Å². The van der Waals surface area contributed by atoms with Crippen molar-refractivity contribution in [1.82, 2.24) is 5.32 Å². The van der Waals surface area contributed by atoms with Crippen molar-refractivity contribution in [2.24, 2.45) is 5.92 Å². The van der Waals surface area contributed by atoms with Crippen LogP contribution in [0.15, 0.2) is 11.4 Å². The topological polar surface area (TPSA) is 41.1 Å². The van der Waals surface area contributed by atoms with Gasteiger partial charge in [0, 0.05) is 24.4 Å². The molecule has 2 rings (SSSR count). The quantitative estimate of drug-likeness (QED) is 0.858. The highest BCUT2D eigenvalue weighted by Crippen LogP contribution is 2.28. The van der Waals surface area contributed by atoms with E-state index in [1.807, 2.05) is 11.4 Å². The molecule has 0 aromatic carbocycles. The molecular weight excluding hydrogens is 244 g/mol. The zero-order valence-electron chi connectivity index (χ0n) is 11.2. The molecule has 100 valence electrons. The number of rotatable bonds is 5. The summed E-state index contributed by atoms with van der Waals surface area (Å²) in [4.78, 5) is 12.3. The Morgan fingerprint density at radius 2 is 2.22 bits per heavy atom. The van der Waals surface area contributed by atoms with Gasteiger partial charge in [-0.3, -0.25) is 4.79 Å². The van der Waals surface area contributed by atoms with E-state index in [4.69, 9.17) is 0 Å². The zero-order valence-corrected chi connectivity index (χ0v) is 12.0. The van der Waals surface area contributed by atoms with Crippen molar-refractivity contribution >= 4 is 22.9 Å². The summed E-state index contributed by atoms with van der Waals surface area (Å²) in [6.45, 7) is 4.68. The van der Waals surface area contributed by atoms with Gasteiger partial charge in [-0.25, -0.2) is 0 Å². The van der Waals surface area contributed by atoms with Crippen LogP contribution in [0.3, 0.4) is 0 Å². The summed E-state index contributed by atoms with van der Waals surface area (Å²) in [6.07, 6.45) is 5.48. The number of thiophene rings is 1. The summed E-state index contributed by atoms with van der Waals surface area (Å²) in [5, 5.41) is 8.51. The predicted octanol–water partition coefficient (Wildman–Crippen LogP) is 3.37. The van der Waals surface area contributed by atoms with Crippen LogP contribution in [0.1, 0.15) is 44.4 Å². The van der Waals surface area contributed by atoms with Crippen LogP contribution in [0.4, 0.5) is 5.69 Å². The van der Waals surface area contributed by atoms with Crippen molar-refractivity contribution in [2.45, 2.75) is 52.1 Å². The minimum atomic E-state index is -0.00140. The second-order valence-corrected chi connectivity index (χ2v) is 6.15. The van der Waals surface area contributed by atoms with Crippen molar-refractivity contribution in [1.29, 1.82) is 0 Å². The first-order valence-electron chi connectivity index (χ1n) is 6.74. The highest BCUT2D eigenvalue weighted by molar-refractivity contribution is 7.10. The molecule has 1 aliphatic rings. The largest absolute Gasteiger partial charge is 0.325 e. The lowest BCUT2D eigenvalue weighted by atomic mass is 10.00. The molecule has 3 nitrogen and oxygen atoms in total. The Kier molecular flexibility index (Phi) is 4.78. The van der Waals surface area contributed by atoms with Crippen LogP contribution in [-0.2, 0) is 11.3 Å². The number of anilines is 1. The van der Waals surface area contributed by atoms with E-state index in [0.717, 1.165) is 18.2 Å². The van der Waals surface area contributed by atoms with Crippen LogP contribution < -0.4 is 10.6 Å². The van der Waals surface area contributed by atoms with Crippen LogP contribution >= 0.6 is 11.3 Å². The molecule has 0 spiro atoms. The normalized spacial score (nSPS) is 17.9. The number of carbonyl (C=O) groups excluding carboxylic acids is 1. The lowest BCUT2D eigenvalue weighted by Gasteiger charge is -2.20. The third kappa shape index (κ3) is 3.56. The Hall–Kier alpha value is -0.870. The third-order valence-electron chi connectivity index (χ3n) is 3.75. The Labute approximate surface area is 113 Å². The maximum Gasteiger partial charge on any atom is 0.221 e. The molecule has 1 aliphatic carbocycles. The predicted molar refractivity (Wildman–Crippen MR) is 76.9 cm³/mol. The number of carbonyl (C=O) groups is 1. The molecule has 0 radical (unpaired) electrons. The maximum atomic E-state index is 11.1. The van der Waals surface area contributed by atoms with Crippen LogP contribution in [0.2, 0.25) is 0 Å². The van der Waals surface area contributed by atoms with Gasteiger partial charge < -0.3 is 10.6 Å². The summed E-state index contributed by atoms with van der Waals surface area (Å²) in [5.41, 5.74) is 0.957. The molecule has 18 heavy (non-hydrogen) atoms. The van der Waals surface area contributed by atoms with Crippen LogP contribution in [0.5, 0.6) is 0 Å². The zero-order chi connectivity index (χ0) is 13.0. The number of amides is 1. The van der Waals surface area contributed by atoms with Gasteiger partial charge in [0.1, 0.15) is 0 Å². The van der Waals surface area contributed by atoms with Crippen LogP contribution in [0, 0.1) is 5.92 Å². The Morgan fingerprint density at radius 1 is 1.50 bits per heavy atom. The fraction of sp³-hybridized carbons (Fsp3) is 0.643. The first-order valence-corrected chi connectivity index (χ1v) is 7.62. The van der Waals surface area contributed by atoms with E-state index in [1.54, 1.807) is 18.3 Å². The molecule has 1 amide bonds. The van der Waals surface area contributed by atoms with E-state index in [1.165, 1.54) is 30.6 Å². The van der Waals surface area contributed by atoms with Crippen molar-refractivity contribution < 1.29 is 4.79 Å². The standard InChI is InChI=1S/C14H22N2OS/c1-10(12-5-3-4-6-12)15-9-14-13(7-8-18-14)16-11(2)17/h7-8,10,12,15H,3-6,9H2,1-2H3,(H,16,17)/t10-/m0/s1. The van der Waals surface area contributed by atoms with E-state index in [2.05, 4.69) is 17.6 Å². The molecule has 1 saturated carbocycles. The average Bonchev–Trinajstić information content (AvgIpc) is 2.95. The molecule has 4 heteroatoms. The molecule has 1 fully saturated rings. The summed E-state index contributed by atoms with van der Waals surface area (Å²) >= 11 is 1.70. The van der Waals surface area contributed by atoms with Crippen LogP contribution in [0.25, 0.3) is 0 Å². The van der Waals surface area contributed by atoms with Gasteiger partial charge in [0.2, 0.25) is 5.91 Å². The van der Waals surface area contributed by atoms with E-state index < -0.39 is 0 Å². The summed E-state index contributed by atoms with van der Waals surface area (Å²) < 4.78 is 0. The maximum absolute atomic E-state index is 11.1. The molecule has 1 heterocycles. The lowest BCUT2D eigenvalue weighted by Crippen LogP contribution is -2.31. The summed E-state index contributed by atoms with van der Waals surface area (Å²) in [5.74, 6) is 0.827. The number of hydrogen-bond donors (Lipinski definition) is 2. The van der Waals surface area contributed by atoms with Crippen LogP contribution in [-0.4, -0.2) is 11.9 Å². The van der Waals surface area contributed by atoms with Gasteiger partial charge in [0.05, 0.1) is 5.69 Å². The Bertz CT molecular complexity index is 396. The van der Waals surface area contributed by atoms with Gasteiger partial charge in [-0.1, -0.05) is 12.8 Å². The Balaban J connectivity index is 1.85. The smallest absolute Gasteiger partial charge is 0.221 e. The first-order chi connectivity index (χ1) is 8.66. The number of hydrogen-bond acceptors (Lipinski definition) is 3.